The third-order valence-corrected chi connectivity index (χ3v) is 8.78. The summed E-state index contributed by atoms with van der Waals surface area (Å²) in [5, 5.41) is 10.0. The van der Waals surface area contributed by atoms with Gasteiger partial charge in [-0.05, 0) is 39.9 Å². The Morgan fingerprint density at radius 3 is 2.10 bits per heavy atom. The Kier molecular flexibility index (Phi) is 4.77. The van der Waals surface area contributed by atoms with Crippen molar-refractivity contribution >= 4 is 10.0 Å². The van der Waals surface area contributed by atoms with Gasteiger partial charge in [0.2, 0.25) is 0 Å². The van der Waals surface area contributed by atoms with E-state index in [0.717, 1.165) is 11.1 Å². The molecule has 20 heavy (non-hydrogen) atoms. The van der Waals surface area contributed by atoms with Crippen LogP contribution in [-0.4, -0.2) is 22.4 Å². The highest BCUT2D eigenvalue weighted by Crippen LogP contribution is 2.55. The molecule has 2 heteroatoms. The van der Waals surface area contributed by atoms with Gasteiger partial charge in [0.15, 0.2) is 0 Å². The van der Waals surface area contributed by atoms with Crippen LogP contribution in [0.4, 0.5) is 0 Å². The van der Waals surface area contributed by atoms with Crippen molar-refractivity contribution in [3.8, 4) is 16.9 Å². The van der Waals surface area contributed by atoms with Gasteiger partial charge in [0.05, 0.1) is 0 Å². The average molecular weight is 288 g/mol. The van der Waals surface area contributed by atoms with Crippen molar-refractivity contribution in [1.29, 1.82) is 0 Å². The molecule has 0 bridgehead atoms. The Morgan fingerprint density at radius 1 is 0.850 bits per heavy atom. The van der Waals surface area contributed by atoms with Crippen LogP contribution in [0.25, 0.3) is 11.1 Å². The number of aromatic hydroxyl groups is 1. The van der Waals surface area contributed by atoms with Gasteiger partial charge in [0, 0.05) is 5.56 Å². The maximum Gasteiger partial charge on any atom is 0.123 e. The van der Waals surface area contributed by atoms with E-state index < -0.39 is 10.0 Å². The lowest BCUT2D eigenvalue weighted by Crippen LogP contribution is -2.09. The Morgan fingerprint density at radius 2 is 1.50 bits per heavy atom. The SMILES string of the molecule is CCS(CC)(CC)c1cccc(-c2ccccc2O)c1. The molecule has 2 aromatic carbocycles. The molecule has 0 spiro atoms. The maximum absolute atomic E-state index is 10.0. The van der Waals surface area contributed by atoms with Crippen molar-refractivity contribution in [2.45, 2.75) is 25.7 Å². The lowest BCUT2D eigenvalue weighted by atomic mass is 10.1. The monoisotopic (exact) mass is 288 g/mol. The number of rotatable bonds is 5. The first-order valence-electron chi connectivity index (χ1n) is 7.31. The quantitative estimate of drug-likeness (QED) is 0.793. The molecule has 0 fully saturated rings. The van der Waals surface area contributed by atoms with Crippen molar-refractivity contribution in [2.75, 3.05) is 17.3 Å². The van der Waals surface area contributed by atoms with Gasteiger partial charge < -0.3 is 5.11 Å². The van der Waals surface area contributed by atoms with Crippen LogP contribution in [0.5, 0.6) is 5.75 Å². The van der Waals surface area contributed by atoms with Crippen molar-refractivity contribution in [1.82, 2.24) is 0 Å². The molecule has 0 amide bonds. The summed E-state index contributed by atoms with van der Waals surface area (Å²) < 4.78 is 0. The second-order valence-corrected chi connectivity index (χ2v) is 9.25. The largest absolute Gasteiger partial charge is 0.507 e. The van der Waals surface area contributed by atoms with Crippen molar-refractivity contribution < 1.29 is 5.11 Å². The summed E-state index contributed by atoms with van der Waals surface area (Å²) in [6.45, 7) is 6.90. The minimum absolute atomic E-state index is 0.356. The minimum Gasteiger partial charge on any atom is -0.507 e. The molecule has 0 atom stereocenters. The molecule has 0 aliphatic rings. The molecule has 0 aromatic heterocycles. The van der Waals surface area contributed by atoms with Crippen LogP contribution in [0, 0.1) is 0 Å². The molecule has 2 aromatic rings. The predicted octanol–water partition coefficient (Wildman–Crippen LogP) is 5.28. The van der Waals surface area contributed by atoms with Crippen LogP contribution < -0.4 is 0 Å². The fraction of sp³-hybridized carbons (Fsp3) is 0.333. The topological polar surface area (TPSA) is 20.2 Å². The third kappa shape index (κ3) is 2.71. The zero-order valence-electron chi connectivity index (χ0n) is 12.6. The molecule has 0 saturated heterocycles. The van der Waals surface area contributed by atoms with Crippen LogP contribution in [0.1, 0.15) is 20.8 Å². The van der Waals surface area contributed by atoms with Crippen LogP contribution in [0.3, 0.4) is 0 Å². The highest BCUT2D eigenvalue weighted by molar-refractivity contribution is 8.33. The first-order chi connectivity index (χ1) is 9.66. The molecular formula is C18H24OS. The number of phenolic OH excluding ortho intramolecular Hbond substituents is 1. The Labute approximate surface area is 124 Å². The van der Waals surface area contributed by atoms with Gasteiger partial charge in [-0.2, -0.15) is 0 Å². The number of phenols is 1. The fourth-order valence-corrected chi connectivity index (χ4v) is 5.73. The first-order valence-corrected chi connectivity index (χ1v) is 9.45. The molecule has 108 valence electrons. The van der Waals surface area contributed by atoms with E-state index in [-0.39, 0.29) is 0 Å². The van der Waals surface area contributed by atoms with Gasteiger partial charge >= 0.3 is 0 Å². The van der Waals surface area contributed by atoms with E-state index in [1.165, 1.54) is 22.2 Å². The number of hydrogen-bond donors (Lipinski definition) is 1. The van der Waals surface area contributed by atoms with Crippen LogP contribution in [0.2, 0.25) is 0 Å². The molecular weight excluding hydrogens is 264 g/mol. The van der Waals surface area contributed by atoms with Crippen LogP contribution >= 0.6 is 10.0 Å². The predicted molar refractivity (Wildman–Crippen MR) is 91.0 cm³/mol. The van der Waals surface area contributed by atoms with E-state index in [1.54, 1.807) is 6.07 Å². The number of hydrogen-bond acceptors (Lipinski definition) is 1. The zero-order valence-corrected chi connectivity index (χ0v) is 13.4. The van der Waals surface area contributed by atoms with Gasteiger partial charge in [-0.15, -0.1) is 0 Å². The summed E-state index contributed by atoms with van der Waals surface area (Å²) >= 11 is 0. The molecule has 2 rings (SSSR count). The highest BCUT2D eigenvalue weighted by atomic mass is 32.3. The summed E-state index contributed by atoms with van der Waals surface area (Å²) in [6, 6.07) is 16.3. The zero-order chi connectivity index (χ0) is 14.6. The smallest absolute Gasteiger partial charge is 0.123 e. The Hall–Kier alpha value is -1.41. The third-order valence-electron chi connectivity index (χ3n) is 4.21. The molecule has 1 N–H and O–H groups in total. The molecule has 0 aliphatic carbocycles. The van der Waals surface area contributed by atoms with Crippen molar-refractivity contribution in [3.05, 3.63) is 48.5 Å². The summed E-state index contributed by atoms with van der Waals surface area (Å²) in [7, 11) is -0.714. The highest BCUT2D eigenvalue weighted by Gasteiger charge is 2.20. The minimum atomic E-state index is -0.714. The molecule has 1 nitrogen and oxygen atoms in total. The van der Waals surface area contributed by atoms with Gasteiger partial charge in [0.1, 0.15) is 5.75 Å². The molecule has 0 saturated carbocycles. The number of benzene rings is 2. The maximum atomic E-state index is 10.0. The standard InChI is InChI=1S/C18H24OS/c1-4-20(5-2,6-3)16-11-9-10-15(14-16)17-12-7-8-13-18(17)19/h7-14,19H,4-6H2,1-3H3. The summed E-state index contributed by atoms with van der Waals surface area (Å²) in [5.74, 6) is 4.04. The van der Waals surface area contributed by atoms with E-state index in [0.29, 0.717) is 5.75 Å². The van der Waals surface area contributed by atoms with Crippen LogP contribution in [-0.2, 0) is 0 Å². The Balaban J connectivity index is 2.50. The van der Waals surface area contributed by atoms with E-state index in [9.17, 15) is 5.11 Å². The van der Waals surface area contributed by atoms with E-state index in [4.69, 9.17) is 0 Å². The second kappa shape index (κ2) is 6.36. The van der Waals surface area contributed by atoms with Gasteiger partial charge in [-0.25, -0.2) is 10.0 Å². The second-order valence-electron chi connectivity index (χ2n) is 4.96. The Bertz CT molecular complexity index is 565. The fourth-order valence-electron chi connectivity index (χ4n) is 2.76. The number of para-hydroxylation sites is 1. The molecule has 0 heterocycles. The van der Waals surface area contributed by atoms with E-state index in [1.807, 2.05) is 18.2 Å². The van der Waals surface area contributed by atoms with E-state index >= 15 is 0 Å². The van der Waals surface area contributed by atoms with Crippen molar-refractivity contribution in [2.24, 2.45) is 0 Å². The van der Waals surface area contributed by atoms with E-state index in [2.05, 4.69) is 45.0 Å². The van der Waals surface area contributed by atoms with Gasteiger partial charge in [0.25, 0.3) is 0 Å². The van der Waals surface area contributed by atoms with Crippen molar-refractivity contribution in [3.63, 3.8) is 0 Å². The average Bonchev–Trinajstić information content (AvgIpc) is 2.50. The van der Waals surface area contributed by atoms with Crippen LogP contribution in [0.15, 0.2) is 53.4 Å². The first kappa shape index (κ1) is 15.0. The lowest BCUT2D eigenvalue weighted by molar-refractivity contribution is 0.477. The summed E-state index contributed by atoms with van der Waals surface area (Å²) in [6.07, 6.45) is 0. The molecule has 0 aliphatic heterocycles. The van der Waals surface area contributed by atoms with Gasteiger partial charge in [-0.1, -0.05) is 57.2 Å². The lowest BCUT2D eigenvalue weighted by Gasteiger charge is -2.38. The summed E-state index contributed by atoms with van der Waals surface area (Å²) in [5.41, 5.74) is 2.04. The van der Waals surface area contributed by atoms with Gasteiger partial charge in [-0.3, -0.25) is 0 Å². The molecule has 0 radical (unpaired) electrons. The molecule has 0 unspecified atom stereocenters. The summed E-state index contributed by atoms with van der Waals surface area (Å²) in [4.78, 5) is 1.46. The normalized spacial score (nSPS) is 12.3.